The van der Waals surface area contributed by atoms with Crippen molar-refractivity contribution in [2.45, 2.75) is 57.7 Å². The van der Waals surface area contributed by atoms with E-state index in [1.54, 1.807) is 32.7 Å². The number of para-hydroxylation sites is 2. The highest BCUT2D eigenvalue weighted by Gasteiger charge is 2.52. The van der Waals surface area contributed by atoms with E-state index in [2.05, 4.69) is 109 Å². The van der Waals surface area contributed by atoms with Crippen LogP contribution in [-0.4, -0.2) is 33.3 Å². The van der Waals surface area contributed by atoms with Crippen LogP contribution >= 0.6 is 11.3 Å². The molecular weight excluding hydrogens is 633 g/mol. The summed E-state index contributed by atoms with van der Waals surface area (Å²) < 4.78 is 9.63. The van der Waals surface area contributed by atoms with Crippen molar-refractivity contribution in [2.24, 2.45) is 0 Å². The van der Waals surface area contributed by atoms with Gasteiger partial charge in [-0.3, -0.25) is 4.57 Å². The Kier molecular flexibility index (Phi) is 6.67. The molecule has 5 nitrogen and oxygen atoms in total. The van der Waals surface area contributed by atoms with Gasteiger partial charge in [-0.25, -0.2) is 4.98 Å². The Balaban J connectivity index is 1.31. The third-order valence-electron chi connectivity index (χ3n) is 11.2. The van der Waals surface area contributed by atoms with Gasteiger partial charge in [0.05, 0.1) is 33.2 Å². The number of hydrogen-bond donors (Lipinski definition) is 1. The van der Waals surface area contributed by atoms with Crippen LogP contribution < -0.4 is 5.46 Å². The van der Waals surface area contributed by atoms with Crippen molar-refractivity contribution in [3.8, 4) is 34.0 Å². The first-order valence-electron chi connectivity index (χ1n) is 17.1. The Morgan fingerprint density at radius 1 is 0.860 bits per heavy atom. The molecule has 2 aliphatic carbocycles. The molecule has 9 rings (SSSR count). The Morgan fingerprint density at radius 2 is 1.58 bits per heavy atom. The van der Waals surface area contributed by atoms with E-state index in [1.165, 1.54) is 33.4 Å². The van der Waals surface area contributed by atoms with Crippen molar-refractivity contribution in [3.63, 3.8) is 0 Å². The van der Waals surface area contributed by atoms with E-state index in [0.29, 0.717) is 5.56 Å². The van der Waals surface area contributed by atoms with E-state index < -0.39 is 16.6 Å². The maximum atomic E-state index is 10.8. The number of imidazole rings is 1. The fourth-order valence-corrected chi connectivity index (χ4v) is 8.96. The van der Waals surface area contributed by atoms with Crippen molar-refractivity contribution in [1.82, 2.24) is 9.55 Å². The minimum Gasteiger partial charge on any atom is -0.427 e. The average molecular weight is 669 g/mol. The van der Waals surface area contributed by atoms with Crippen LogP contribution in [0.4, 0.5) is 0 Å². The largest absolute Gasteiger partial charge is 0.427 e. The van der Waals surface area contributed by atoms with Crippen molar-refractivity contribution in [2.75, 3.05) is 0 Å². The molecule has 0 bridgehead atoms. The Labute approximate surface area is 296 Å². The van der Waals surface area contributed by atoms with Crippen LogP contribution in [0.2, 0.25) is 0 Å². The summed E-state index contributed by atoms with van der Waals surface area (Å²) in [5.41, 5.74) is 11.8. The lowest BCUT2D eigenvalue weighted by Gasteiger charge is -2.37. The van der Waals surface area contributed by atoms with Gasteiger partial charge < -0.3 is 9.76 Å². The minimum atomic E-state index is -1.04. The molecule has 243 valence electrons. The molecule has 7 heteroatoms. The van der Waals surface area contributed by atoms with Crippen LogP contribution in [0.5, 0.6) is 0 Å². The summed E-state index contributed by atoms with van der Waals surface area (Å²) >= 11 is 1.62. The highest BCUT2D eigenvalue weighted by molar-refractivity contribution is 7.17. The molecule has 2 aliphatic rings. The molecule has 0 aliphatic heterocycles. The van der Waals surface area contributed by atoms with Crippen LogP contribution in [0.25, 0.3) is 49.1 Å². The first-order valence-corrected chi connectivity index (χ1v) is 18.0. The molecule has 2 aromatic heterocycles. The third kappa shape index (κ3) is 4.10. The molecule has 7 aromatic rings. The lowest BCUT2D eigenvalue weighted by atomic mass is 9.70. The van der Waals surface area contributed by atoms with Gasteiger partial charge in [0.25, 0.3) is 0 Å². The van der Waals surface area contributed by atoms with Gasteiger partial charge in [0, 0.05) is 27.6 Å². The van der Waals surface area contributed by atoms with Crippen LogP contribution in [0, 0.1) is 11.3 Å². The van der Waals surface area contributed by atoms with Crippen LogP contribution in [0.15, 0.2) is 102 Å². The number of aliphatic hydroxyl groups is 1. The second-order valence-electron chi connectivity index (χ2n) is 14.5. The summed E-state index contributed by atoms with van der Waals surface area (Å²) in [4.78, 5) is 4.98. The SMILES string of the molecule is CCc1nc2ccccc2n1-c1ccc2c(c1)-c1ccccc1C21c2ccc([B]OC(C)(C)C(C)(C)O)cc2-c2c1ccc1scc(C#N)c21. The smallest absolute Gasteiger partial charge is 0.330 e. The Bertz CT molecular complexity index is 2580. The second kappa shape index (κ2) is 10.8. The number of rotatable bonds is 6. The number of benzene rings is 5. The van der Waals surface area contributed by atoms with E-state index in [1.807, 2.05) is 25.3 Å². The number of nitriles is 1. The average Bonchev–Trinajstić information content (AvgIpc) is 3.86. The topological polar surface area (TPSA) is 71.1 Å². The van der Waals surface area contributed by atoms with Crippen molar-refractivity contribution >= 4 is 45.4 Å². The summed E-state index contributed by atoms with van der Waals surface area (Å²) in [7, 11) is 1.76. The third-order valence-corrected chi connectivity index (χ3v) is 12.1. The van der Waals surface area contributed by atoms with Crippen LogP contribution in [0.1, 0.15) is 68.3 Å². The highest BCUT2D eigenvalue weighted by Crippen LogP contribution is 2.64. The van der Waals surface area contributed by atoms with Gasteiger partial charge in [-0.15, -0.1) is 11.3 Å². The van der Waals surface area contributed by atoms with E-state index in [0.717, 1.165) is 55.6 Å². The maximum absolute atomic E-state index is 10.8. The zero-order valence-corrected chi connectivity index (χ0v) is 29.5. The summed E-state index contributed by atoms with van der Waals surface area (Å²) in [6.45, 7) is 9.47. The standard InChI is InChI=1S/C43H35BN3O2S/c1-6-38-46-35-13-9-10-14-36(35)47(38)27-16-18-32-29(22-27)28-11-7-8-12-31(28)43(32)33-17-15-26(44-49-42(4,5)41(2,3)48)21-30(33)40-34(43)19-20-37-39(40)25(23-45)24-50-37/h7-22,24,48H,6H2,1-5H3. The zero-order valence-electron chi connectivity index (χ0n) is 28.7. The molecule has 1 radical (unpaired) electrons. The minimum absolute atomic E-state index is 0.575. The van der Waals surface area contributed by atoms with Crippen molar-refractivity contribution < 1.29 is 9.76 Å². The van der Waals surface area contributed by atoms with E-state index in [9.17, 15) is 10.4 Å². The fourth-order valence-electron chi connectivity index (χ4n) is 8.07. The number of fused-ring (bicyclic) bond motifs is 13. The highest BCUT2D eigenvalue weighted by atomic mass is 32.1. The molecule has 5 aromatic carbocycles. The fraction of sp³-hybridized carbons (Fsp3) is 0.209. The molecule has 0 fully saturated rings. The Hall–Kier alpha value is -5.00. The number of thiophene rings is 1. The molecule has 0 saturated heterocycles. The monoisotopic (exact) mass is 668 g/mol. The molecule has 2 heterocycles. The molecule has 1 spiro atoms. The van der Waals surface area contributed by atoms with Gasteiger partial charge >= 0.3 is 7.48 Å². The second-order valence-corrected chi connectivity index (χ2v) is 15.4. The predicted molar refractivity (Wildman–Crippen MR) is 204 cm³/mol. The predicted octanol–water partition coefficient (Wildman–Crippen LogP) is 8.83. The number of hydrogen-bond acceptors (Lipinski definition) is 5. The van der Waals surface area contributed by atoms with Gasteiger partial charge in [-0.1, -0.05) is 79.1 Å². The first kappa shape index (κ1) is 31.0. The summed E-state index contributed by atoms with van der Waals surface area (Å²) in [6, 6.07) is 37.6. The lowest BCUT2D eigenvalue weighted by molar-refractivity contribution is -0.0893. The zero-order chi connectivity index (χ0) is 34.6. The van der Waals surface area contributed by atoms with Crippen LogP contribution in [0.3, 0.4) is 0 Å². The molecule has 50 heavy (non-hydrogen) atoms. The quantitative estimate of drug-likeness (QED) is 0.180. The van der Waals surface area contributed by atoms with Gasteiger partial charge in [0.2, 0.25) is 0 Å². The molecule has 1 atom stereocenters. The molecule has 0 amide bonds. The van der Waals surface area contributed by atoms with Crippen LogP contribution in [-0.2, 0) is 16.5 Å². The van der Waals surface area contributed by atoms with Crippen molar-refractivity contribution in [3.05, 3.63) is 136 Å². The number of aryl methyl sites for hydroxylation is 1. The molecule has 1 N–H and O–H groups in total. The summed E-state index contributed by atoms with van der Waals surface area (Å²) in [5.74, 6) is 1.03. The van der Waals surface area contributed by atoms with Crippen molar-refractivity contribution in [1.29, 1.82) is 5.26 Å². The molecular formula is C43H35BN3O2S. The summed E-state index contributed by atoms with van der Waals surface area (Å²) in [6.07, 6.45) is 0.820. The van der Waals surface area contributed by atoms with Gasteiger partial charge in [0.15, 0.2) is 0 Å². The van der Waals surface area contributed by atoms with Gasteiger partial charge in [-0.2, -0.15) is 5.26 Å². The molecule has 1 unspecified atom stereocenters. The van der Waals surface area contributed by atoms with E-state index >= 15 is 0 Å². The van der Waals surface area contributed by atoms with E-state index in [4.69, 9.17) is 9.64 Å². The molecule has 0 saturated carbocycles. The van der Waals surface area contributed by atoms with Gasteiger partial charge in [0.1, 0.15) is 11.9 Å². The lowest BCUT2D eigenvalue weighted by Crippen LogP contribution is -2.49. The number of nitrogens with zero attached hydrogens (tertiary/aromatic N) is 3. The van der Waals surface area contributed by atoms with Gasteiger partial charge in [-0.05, 0) is 103 Å². The number of aromatic nitrogens is 2. The summed E-state index contributed by atoms with van der Waals surface area (Å²) in [5, 5.41) is 24.1. The maximum Gasteiger partial charge on any atom is 0.330 e. The normalized spacial score (nSPS) is 16.0. The Morgan fingerprint density at radius 3 is 2.38 bits per heavy atom. The van der Waals surface area contributed by atoms with E-state index in [-0.39, 0.29) is 0 Å². The first-order chi connectivity index (χ1) is 24.1.